The van der Waals surface area contributed by atoms with Gasteiger partial charge in [-0.15, -0.1) is 0 Å². The summed E-state index contributed by atoms with van der Waals surface area (Å²) >= 11 is 0. The molecule has 3 rings (SSSR count). The normalized spacial score (nSPS) is 20.0. The molecule has 0 aromatic heterocycles. The molecule has 150 valence electrons. The number of hydrogen-bond acceptors (Lipinski definition) is 3. The van der Waals surface area contributed by atoms with Gasteiger partial charge in [-0.25, -0.2) is 4.39 Å². The van der Waals surface area contributed by atoms with Crippen LogP contribution < -0.4 is 5.32 Å². The molecule has 1 saturated heterocycles. The molecular weight excluding hydrogens is 345 g/mol. The molecule has 1 aromatic carbocycles. The van der Waals surface area contributed by atoms with Crippen molar-refractivity contribution < 1.29 is 13.9 Å². The number of methoxy groups -OCH3 is 1. The second-order valence-corrected chi connectivity index (χ2v) is 7.59. The van der Waals surface area contributed by atoms with Crippen molar-refractivity contribution >= 4 is 5.96 Å². The summed E-state index contributed by atoms with van der Waals surface area (Å²) in [6.07, 6.45) is 5.61. The molecule has 0 spiro atoms. The van der Waals surface area contributed by atoms with Crippen molar-refractivity contribution in [3.63, 3.8) is 0 Å². The van der Waals surface area contributed by atoms with E-state index >= 15 is 0 Å². The number of aliphatic imine (C=N–C) groups is 1. The minimum Gasteiger partial charge on any atom is -0.385 e. The number of benzene rings is 1. The molecule has 27 heavy (non-hydrogen) atoms. The van der Waals surface area contributed by atoms with Crippen LogP contribution in [0.15, 0.2) is 29.3 Å². The maximum absolute atomic E-state index is 13.2. The topological polar surface area (TPSA) is 46.1 Å². The van der Waals surface area contributed by atoms with Crippen LogP contribution in [0.3, 0.4) is 0 Å². The van der Waals surface area contributed by atoms with E-state index in [4.69, 9.17) is 9.47 Å². The first kappa shape index (κ1) is 20.1. The van der Waals surface area contributed by atoms with Crippen LogP contribution >= 0.6 is 0 Å². The lowest BCUT2D eigenvalue weighted by molar-refractivity contribution is 0.00989. The summed E-state index contributed by atoms with van der Waals surface area (Å²) < 4.78 is 24.2. The third-order valence-corrected chi connectivity index (χ3v) is 5.69. The summed E-state index contributed by atoms with van der Waals surface area (Å²) in [5, 5.41) is 3.55. The monoisotopic (exact) mass is 377 g/mol. The molecule has 1 aromatic rings. The number of likely N-dealkylation sites (tertiary alicyclic amines) is 1. The zero-order valence-corrected chi connectivity index (χ0v) is 16.5. The first-order valence-electron chi connectivity index (χ1n) is 9.99. The number of rotatable bonds is 8. The van der Waals surface area contributed by atoms with Gasteiger partial charge in [-0.1, -0.05) is 12.1 Å². The van der Waals surface area contributed by atoms with E-state index < -0.39 is 0 Å². The molecule has 5 nitrogen and oxygen atoms in total. The fourth-order valence-corrected chi connectivity index (χ4v) is 3.79. The van der Waals surface area contributed by atoms with Gasteiger partial charge < -0.3 is 19.7 Å². The summed E-state index contributed by atoms with van der Waals surface area (Å²) in [6.45, 7) is 4.28. The predicted molar refractivity (Wildman–Crippen MR) is 106 cm³/mol. The Labute approximate surface area is 161 Å². The van der Waals surface area contributed by atoms with Crippen LogP contribution in [0.25, 0.3) is 0 Å². The Hall–Kier alpha value is -1.66. The molecule has 1 saturated carbocycles. The smallest absolute Gasteiger partial charge is 0.193 e. The minimum absolute atomic E-state index is 0.131. The van der Waals surface area contributed by atoms with E-state index in [1.165, 1.54) is 5.56 Å². The van der Waals surface area contributed by atoms with Gasteiger partial charge >= 0.3 is 0 Å². The molecule has 1 N–H and O–H groups in total. The van der Waals surface area contributed by atoms with E-state index in [-0.39, 0.29) is 11.2 Å². The summed E-state index contributed by atoms with van der Waals surface area (Å²) in [5.74, 6) is 0.784. The zero-order valence-electron chi connectivity index (χ0n) is 16.5. The van der Waals surface area contributed by atoms with Crippen LogP contribution in [0, 0.1) is 5.82 Å². The standard InChI is InChI=1S/C21H32FN3O2/c1-23-20(25-12-8-19(9-13-25)27-15-3-14-26-2)24-16-21(10-11-21)17-4-6-18(22)7-5-17/h4-7,19H,3,8-16H2,1-2H3,(H,23,24). The second kappa shape index (κ2) is 9.51. The average molecular weight is 378 g/mol. The highest BCUT2D eigenvalue weighted by Crippen LogP contribution is 2.47. The van der Waals surface area contributed by atoms with Crippen molar-refractivity contribution in [2.45, 2.75) is 43.6 Å². The summed E-state index contributed by atoms with van der Waals surface area (Å²) in [6, 6.07) is 6.95. The van der Waals surface area contributed by atoms with Gasteiger partial charge in [0.2, 0.25) is 0 Å². The maximum Gasteiger partial charge on any atom is 0.193 e. The van der Waals surface area contributed by atoms with Crippen LogP contribution in [0.2, 0.25) is 0 Å². The molecular formula is C21H32FN3O2. The molecule has 1 aliphatic carbocycles. The fourth-order valence-electron chi connectivity index (χ4n) is 3.79. The van der Waals surface area contributed by atoms with Crippen molar-refractivity contribution in [3.8, 4) is 0 Å². The van der Waals surface area contributed by atoms with Crippen molar-refractivity contribution in [2.75, 3.05) is 47.0 Å². The van der Waals surface area contributed by atoms with Crippen molar-refractivity contribution in [2.24, 2.45) is 4.99 Å². The molecule has 0 atom stereocenters. The second-order valence-electron chi connectivity index (χ2n) is 7.59. The highest BCUT2D eigenvalue weighted by atomic mass is 19.1. The predicted octanol–water partition coefficient (Wildman–Crippen LogP) is 2.95. The van der Waals surface area contributed by atoms with Crippen LogP contribution in [0.4, 0.5) is 4.39 Å². The van der Waals surface area contributed by atoms with Gasteiger partial charge in [-0.05, 0) is 49.8 Å². The Morgan fingerprint density at radius 3 is 2.52 bits per heavy atom. The van der Waals surface area contributed by atoms with Crippen LogP contribution in [0.5, 0.6) is 0 Å². The molecule has 1 aliphatic heterocycles. The first-order chi connectivity index (χ1) is 13.2. The Bertz CT molecular complexity index is 608. The largest absolute Gasteiger partial charge is 0.385 e. The lowest BCUT2D eigenvalue weighted by atomic mass is 9.96. The van der Waals surface area contributed by atoms with Gasteiger partial charge in [0.15, 0.2) is 5.96 Å². The lowest BCUT2D eigenvalue weighted by Gasteiger charge is -2.34. The van der Waals surface area contributed by atoms with E-state index in [1.54, 1.807) is 19.2 Å². The minimum atomic E-state index is -0.175. The summed E-state index contributed by atoms with van der Waals surface area (Å²) in [4.78, 5) is 6.79. The van der Waals surface area contributed by atoms with Crippen LogP contribution in [-0.2, 0) is 14.9 Å². The summed E-state index contributed by atoms with van der Waals surface area (Å²) in [5.41, 5.74) is 1.35. The zero-order chi connectivity index (χ0) is 19.1. The van der Waals surface area contributed by atoms with Crippen molar-refractivity contribution in [3.05, 3.63) is 35.6 Å². The Morgan fingerprint density at radius 1 is 1.22 bits per heavy atom. The van der Waals surface area contributed by atoms with E-state index in [0.717, 1.165) is 70.9 Å². The third kappa shape index (κ3) is 5.42. The van der Waals surface area contributed by atoms with Gasteiger partial charge in [-0.3, -0.25) is 4.99 Å². The van der Waals surface area contributed by atoms with E-state index in [1.807, 2.05) is 19.2 Å². The van der Waals surface area contributed by atoms with E-state index in [9.17, 15) is 4.39 Å². The number of halogens is 1. The molecule has 0 radical (unpaired) electrons. The number of nitrogens with one attached hydrogen (secondary N) is 1. The number of guanidine groups is 1. The van der Waals surface area contributed by atoms with Gasteiger partial charge in [-0.2, -0.15) is 0 Å². The fraction of sp³-hybridized carbons (Fsp3) is 0.667. The summed E-state index contributed by atoms with van der Waals surface area (Å²) in [7, 11) is 3.56. The lowest BCUT2D eigenvalue weighted by Crippen LogP contribution is -2.48. The van der Waals surface area contributed by atoms with E-state index in [0.29, 0.717) is 6.10 Å². The number of nitrogens with zero attached hydrogens (tertiary/aromatic N) is 2. The van der Waals surface area contributed by atoms with Gasteiger partial charge in [0.05, 0.1) is 6.10 Å². The molecule has 1 heterocycles. The number of ether oxygens (including phenoxy) is 2. The van der Waals surface area contributed by atoms with Gasteiger partial charge in [0, 0.05) is 52.4 Å². The molecule has 2 aliphatic rings. The number of piperidine rings is 1. The SMILES string of the molecule is CN=C(NCC1(c2ccc(F)cc2)CC1)N1CCC(OCCCOC)CC1. The molecule has 6 heteroatoms. The highest BCUT2D eigenvalue weighted by molar-refractivity contribution is 5.80. The Kier molecular flexibility index (Phi) is 7.07. The quantitative estimate of drug-likeness (QED) is 0.430. The van der Waals surface area contributed by atoms with Crippen molar-refractivity contribution in [1.29, 1.82) is 0 Å². The highest BCUT2D eigenvalue weighted by Gasteiger charge is 2.44. The van der Waals surface area contributed by atoms with Crippen LogP contribution in [-0.4, -0.2) is 64.0 Å². The third-order valence-electron chi connectivity index (χ3n) is 5.69. The molecule has 0 bridgehead atoms. The Morgan fingerprint density at radius 2 is 1.93 bits per heavy atom. The maximum atomic E-state index is 13.2. The van der Waals surface area contributed by atoms with E-state index in [2.05, 4.69) is 15.2 Å². The van der Waals surface area contributed by atoms with Crippen LogP contribution in [0.1, 0.15) is 37.7 Å². The molecule has 2 fully saturated rings. The van der Waals surface area contributed by atoms with Gasteiger partial charge in [0.25, 0.3) is 0 Å². The van der Waals surface area contributed by atoms with Crippen molar-refractivity contribution in [1.82, 2.24) is 10.2 Å². The Balaban J connectivity index is 1.44. The van der Waals surface area contributed by atoms with Gasteiger partial charge in [0.1, 0.15) is 5.82 Å². The average Bonchev–Trinajstić information content (AvgIpc) is 3.48. The molecule has 0 amide bonds. The molecule has 0 unspecified atom stereocenters. The first-order valence-corrected chi connectivity index (χ1v) is 9.99. The number of hydrogen-bond donors (Lipinski definition) is 1.